The SMILES string of the molecule is c1ccc(-c2cc(-c3ccccc3)nc(-n3c4ccc(-c5cccc6c5c5ccccc5n6-c5ccccc5)cc4c4cccnc43)c2)cc1.c1ccc(-n2c3ccccc3c3c(-c4ccc5c(c4)c4cccnc4n5-c4cc(-c5ccccn5)cc(-c5ccccn5)c4)cccc32)cc1.c1ccc(-n2c3ccccc3c3c(-c4ccc5c(c4)c4cccnc4n5-c4cc(-c5ccccn5)nc(-c5ccccn5)c4)cccc32)cc1. The Balaban J connectivity index is 0.000000108. The van der Waals surface area contributed by atoms with Gasteiger partial charge in [-0.2, -0.15) is 0 Å². The number of hydrogen-bond acceptors (Lipinski definition) is 9. The van der Waals surface area contributed by atoms with E-state index in [1.807, 2.05) is 128 Å². The Labute approximate surface area is 861 Å². The molecule has 30 aromatic rings. The molecule has 0 radical (unpaired) electrons. The molecule has 0 atom stereocenters. The molecule has 0 spiro atoms. The van der Waals surface area contributed by atoms with Crippen LogP contribution >= 0.6 is 0 Å². The second-order valence-electron chi connectivity index (χ2n) is 37.5. The summed E-state index contributed by atoms with van der Waals surface area (Å²) >= 11 is 0. The Morgan fingerprint density at radius 1 is 0.133 bits per heavy atom. The van der Waals surface area contributed by atoms with Crippen molar-refractivity contribution < 1.29 is 0 Å². The van der Waals surface area contributed by atoms with Gasteiger partial charge >= 0.3 is 0 Å². The van der Waals surface area contributed by atoms with E-state index in [0.29, 0.717) is 0 Å². The number of hydrogen-bond donors (Lipinski definition) is 0. The van der Waals surface area contributed by atoms with Gasteiger partial charge in [-0.15, -0.1) is 0 Å². The Morgan fingerprint density at radius 3 is 0.833 bits per heavy atom. The fraction of sp³-hybridized carbons (Fsp3) is 0. The molecular weight excluding hydrogens is 1830 g/mol. The Kier molecular flexibility index (Phi) is 21.5. The van der Waals surface area contributed by atoms with E-state index in [-0.39, 0.29) is 0 Å². The minimum absolute atomic E-state index is 0.771. The lowest BCUT2D eigenvalue weighted by atomic mass is 9.98. The maximum atomic E-state index is 5.28. The second-order valence-corrected chi connectivity index (χ2v) is 37.5. The predicted octanol–water partition coefficient (Wildman–Crippen LogP) is 33.2. The van der Waals surface area contributed by atoms with Gasteiger partial charge in [0, 0.05) is 147 Å². The van der Waals surface area contributed by atoms with Crippen molar-refractivity contribution in [3.63, 3.8) is 0 Å². The van der Waals surface area contributed by atoms with Crippen molar-refractivity contribution in [3.8, 4) is 135 Å². The molecule has 150 heavy (non-hydrogen) atoms. The smallest absolute Gasteiger partial charge is 0.146 e. The van der Waals surface area contributed by atoms with Crippen LogP contribution in [0.5, 0.6) is 0 Å². The fourth-order valence-electron chi connectivity index (χ4n) is 22.4. The molecule has 15 heterocycles. The van der Waals surface area contributed by atoms with Gasteiger partial charge in [0.05, 0.1) is 95.2 Å². The van der Waals surface area contributed by atoms with Crippen LogP contribution in [0.3, 0.4) is 0 Å². The molecule has 0 saturated carbocycles. The number of rotatable bonds is 15. The van der Waals surface area contributed by atoms with E-state index in [1.165, 1.54) is 87.7 Å². The topological polar surface area (TPSA) is 146 Å². The van der Waals surface area contributed by atoms with Gasteiger partial charge in [-0.1, -0.05) is 249 Å². The first-order chi connectivity index (χ1) is 74.4. The first-order valence-electron chi connectivity index (χ1n) is 50.3. The number of para-hydroxylation sites is 6. The summed E-state index contributed by atoms with van der Waals surface area (Å²) in [5, 5.41) is 14.1. The lowest BCUT2D eigenvalue weighted by Gasteiger charge is -2.13. The molecule has 15 nitrogen and oxygen atoms in total. The molecule has 0 N–H and O–H groups in total. The fourth-order valence-corrected chi connectivity index (χ4v) is 22.4. The van der Waals surface area contributed by atoms with Crippen molar-refractivity contribution in [2.24, 2.45) is 0 Å². The molecule has 0 unspecified atom stereocenters. The quantitative estimate of drug-likeness (QED) is 0.0979. The Morgan fingerprint density at radius 2 is 0.447 bits per heavy atom. The summed E-state index contributed by atoms with van der Waals surface area (Å²) < 4.78 is 13.8. The first kappa shape index (κ1) is 87.3. The van der Waals surface area contributed by atoms with Gasteiger partial charge in [0.1, 0.15) is 22.8 Å². The third kappa shape index (κ3) is 15.2. The molecule has 0 saturated heterocycles. The molecule has 0 aliphatic rings. The molecule has 702 valence electrons. The van der Waals surface area contributed by atoms with Gasteiger partial charge in [-0.3, -0.25) is 33.6 Å². The van der Waals surface area contributed by atoms with Crippen molar-refractivity contribution in [1.82, 2.24) is 72.3 Å². The Bertz CT molecular complexity index is 9330. The van der Waals surface area contributed by atoms with Crippen LogP contribution in [0.25, 0.3) is 267 Å². The largest absolute Gasteiger partial charge is 0.309 e. The molecule has 0 bridgehead atoms. The zero-order chi connectivity index (χ0) is 99.1. The van der Waals surface area contributed by atoms with E-state index < -0.39 is 0 Å². The third-order valence-corrected chi connectivity index (χ3v) is 28.9. The van der Waals surface area contributed by atoms with Crippen LogP contribution in [-0.4, -0.2) is 72.3 Å². The van der Waals surface area contributed by atoms with E-state index >= 15 is 0 Å². The average Bonchev–Trinajstić information content (AvgIpc) is 1.57. The molecule has 15 aromatic carbocycles. The minimum Gasteiger partial charge on any atom is -0.309 e. The minimum atomic E-state index is 0.771. The van der Waals surface area contributed by atoms with Crippen molar-refractivity contribution in [1.29, 1.82) is 0 Å². The molecule has 0 fully saturated rings. The van der Waals surface area contributed by atoms with Gasteiger partial charge < -0.3 is 13.7 Å². The highest BCUT2D eigenvalue weighted by Crippen LogP contribution is 2.48. The van der Waals surface area contributed by atoms with Crippen LogP contribution < -0.4 is 0 Å². The van der Waals surface area contributed by atoms with E-state index in [0.717, 1.165) is 179 Å². The van der Waals surface area contributed by atoms with Crippen LogP contribution in [0, 0.1) is 0 Å². The molecular formula is C135H87N15. The molecule has 30 rings (SSSR count). The first-order valence-corrected chi connectivity index (χ1v) is 50.3. The van der Waals surface area contributed by atoms with E-state index in [2.05, 4.69) is 426 Å². The summed E-state index contributed by atoms with van der Waals surface area (Å²) in [5.74, 6) is 0.838. The molecule has 0 aliphatic heterocycles. The van der Waals surface area contributed by atoms with Gasteiger partial charge in [0.25, 0.3) is 0 Å². The second kappa shape index (κ2) is 37.0. The maximum Gasteiger partial charge on any atom is 0.146 e. The van der Waals surface area contributed by atoms with Crippen molar-refractivity contribution in [3.05, 3.63) is 529 Å². The monoisotopic (exact) mass is 1920 g/mol. The number of nitrogens with zero attached hydrogens (tertiary/aromatic N) is 15. The highest BCUT2D eigenvalue weighted by molar-refractivity contribution is 6.21. The summed E-state index contributed by atoms with van der Waals surface area (Å²) in [6.07, 6.45) is 12.9. The van der Waals surface area contributed by atoms with Gasteiger partial charge in [0.15, 0.2) is 0 Å². The van der Waals surface area contributed by atoms with Crippen molar-refractivity contribution >= 4 is 131 Å². The highest BCUT2D eigenvalue weighted by Gasteiger charge is 2.27. The number of fused-ring (bicyclic) bond motifs is 18. The molecule has 0 amide bonds. The van der Waals surface area contributed by atoms with Crippen LogP contribution in [-0.2, 0) is 0 Å². The highest BCUT2D eigenvalue weighted by atomic mass is 15.1. The number of benzene rings is 15. The number of aromatic nitrogens is 15. The van der Waals surface area contributed by atoms with E-state index in [1.54, 1.807) is 12.4 Å². The van der Waals surface area contributed by atoms with Gasteiger partial charge in [0.2, 0.25) is 0 Å². The number of pyridine rings is 9. The summed E-state index contributed by atoms with van der Waals surface area (Å²) in [7, 11) is 0. The maximum absolute atomic E-state index is 5.28. The molecule has 15 aromatic heterocycles. The normalized spacial score (nSPS) is 11.6. The summed E-state index contributed by atoms with van der Waals surface area (Å²) in [6, 6.07) is 171. The van der Waals surface area contributed by atoms with Gasteiger partial charge in [-0.25, -0.2) is 24.9 Å². The lowest BCUT2D eigenvalue weighted by Crippen LogP contribution is -2.01. The molecule has 0 aliphatic carbocycles. The van der Waals surface area contributed by atoms with Crippen LogP contribution in [0.1, 0.15) is 0 Å². The van der Waals surface area contributed by atoms with Crippen LogP contribution in [0.15, 0.2) is 529 Å². The lowest BCUT2D eigenvalue weighted by molar-refractivity contribution is 1.06. The summed E-state index contributed by atoms with van der Waals surface area (Å²) in [6.45, 7) is 0. The summed E-state index contributed by atoms with van der Waals surface area (Å²) in [4.78, 5) is 43.8. The standard InChI is InChI=1S/C46H30N4.C45H29N5.C44H28N6/c1-4-14-31(15-5-1)34-29-40(32-16-6-2-7-17-32)48-44(30-34)50-42-26-25-33(28-39(42)37-22-13-27-47-46(37)50)36-21-12-24-43-45(36)38-20-10-11-23-41(38)49(43)35-18-8-3-9-19-35;1-2-12-33(13-3-1)49-41-19-5-4-14-37(41)44-35(15-10-20-43(44)49)30-21-22-42-38(29-30)36-16-11-25-48-45(36)50(42)34-27-31(39-17-6-8-23-46-39)26-32(28-34)40-18-7-9-24-47-40;1-2-12-30(13-3-1)49-40-19-5-4-14-34(40)43-32(15-10-20-42(43)49)29-21-22-41-35(26-29)33-16-11-25-47-44(33)50(41)31-27-38(36-17-6-8-23-45-36)48-39(28-31)37-18-7-9-24-46-37/h1-30H;1-29H;1-28H. The van der Waals surface area contributed by atoms with E-state index in [9.17, 15) is 0 Å². The molecule has 15 heteroatoms. The van der Waals surface area contributed by atoms with Crippen molar-refractivity contribution in [2.75, 3.05) is 0 Å². The predicted molar refractivity (Wildman–Crippen MR) is 614 cm³/mol. The van der Waals surface area contributed by atoms with Crippen LogP contribution in [0.4, 0.5) is 0 Å². The average molecular weight is 1920 g/mol. The zero-order valence-corrected chi connectivity index (χ0v) is 80.9. The third-order valence-electron chi connectivity index (χ3n) is 28.9. The van der Waals surface area contributed by atoms with Crippen molar-refractivity contribution in [2.45, 2.75) is 0 Å². The summed E-state index contributed by atoms with van der Waals surface area (Å²) in [5.41, 5.74) is 36.8. The van der Waals surface area contributed by atoms with E-state index in [4.69, 9.17) is 34.9 Å². The Hall–Kier alpha value is -20.6. The zero-order valence-electron chi connectivity index (χ0n) is 80.9. The van der Waals surface area contributed by atoms with Gasteiger partial charge in [-0.05, 0) is 281 Å². The van der Waals surface area contributed by atoms with Crippen LogP contribution in [0.2, 0.25) is 0 Å².